The Balaban J connectivity index is 2.29. The van der Waals surface area contributed by atoms with E-state index < -0.39 is 11.6 Å². The van der Waals surface area contributed by atoms with Crippen LogP contribution in [0.15, 0.2) is 39.3 Å². The van der Waals surface area contributed by atoms with E-state index in [9.17, 15) is 8.78 Å². The summed E-state index contributed by atoms with van der Waals surface area (Å²) in [7, 11) is 0. The van der Waals surface area contributed by atoms with Crippen LogP contribution >= 0.6 is 31.9 Å². The molecule has 0 radical (unpaired) electrons. The molecule has 0 heterocycles. The van der Waals surface area contributed by atoms with Crippen molar-refractivity contribution in [2.24, 2.45) is 5.73 Å². The van der Waals surface area contributed by atoms with E-state index in [-0.39, 0.29) is 22.7 Å². The number of ether oxygens (including phenoxy) is 1. The van der Waals surface area contributed by atoms with Crippen LogP contribution in [0.1, 0.15) is 24.1 Å². The lowest BCUT2D eigenvalue weighted by Gasteiger charge is -2.15. The first-order valence-electron chi connectivity index (χ1n) is 6.20. The molecule has 2 rings (SSSR count). The zero-order valence-electron chi connectivity index (χ0n) is 11.2. The zero-order valence-corrected chi connectivity index (χ0v) is 14.3. The first kappa shape index (κ1) is 16.4. The van der Waals surface area contributed by atoms with E-state index >= 15 is 0 Å². The SMILES string of the molecule is CC(N)c1ccc(Br)cc1OCc1c(F)ccc(Br)c1F. The minimum atomic E-state index is -0.660. The van der Waals surface area contributed by atoms with Gasteiger partial charge in [-0.2, -0.15) is 0 Å². The van der Waals surface area contributed by atoms with Crippen LogP contribution in [0, 0.1) is 11.6 Å². The Labute approximate surface area is 138 Å². The molecule has 2 nitrogen and oxygen atoms in total. The van der Waals surface area contributed by atoms with Gasteiger partial charge in [0.2, 0.25) is 0 Å². The summed E-state index contributed by atoms with van der Waals surface area (Å²) in [5.41, 5.74) is 6.51. The molecule has 0 bridgehead atoms. The van der Waals surface area contributed by atoms with Crippen molar-refractivity contribution >= 4 is 31.9 Å². The number of hydrogen-bond donors (Lipinski definition) is 1. The van der Waals surface area contributed by atoms with Gasteiger partial charge in [0.05, 0.1) is 10.0 Å². The molecular formula is C15H13Br2F2NO. The second-order valence-corrected chi connectivity index (χ2v) is 6.35. The molecule has 2 aromatic carbocycles. The Morgan fingerprint density at radius 3 is 2.57 bits per heavy atom. The van der Waals surface area contributed by atoms with E-state index in [1.54, 1.807) is 6.07 Å². The largest absolute Gasteiger partial charge is 0.488 e. The quantitative estimate of drug-likeness (QED) is 0.699. The second kappa shape index (κ2) is 6.85. The predicted molar refractivity (Wildman–Crippen MR) is 85.1 cm³/mol. The highest BCUT2D eigenvalue weighted by molar-refractivity contribution is 9.10. The fraction of sp³-hybridized carbons (Fsp3) is 0.200. The van der Waals surface area contributed by atoms with Crippen LogP contribution in [0.3, 0.4) is 0 Å². The zero-order chi connectivity index (χ0) is 15.6. The molecule has 2 aromatic rings. The topological polar surface area (TPSA) is 35.2 Å². The Hall–Kier alpha value is -0.980. The molecule has 112 valence electrons. The van der Waals surface area contributed by atoms with Crippen LogP contribution in [-0.2, 0) is 6.61 Å². The van der Waals surface area contributed by atoms with E-state index in [2.05, 4.69) is 31.9 Å². The van der Waals surface area contributed by atoms with Gasteiger partial charge in [0.25, 0.3) is 0 Å². The molecule has 0 amide bonds. The second-order valence-electron chi connectivity index (χ2n) is 4.58. The first-order chi connectivity index (χ1) is 9.90. The van der Waals surface area contributed by atoms with Crippen LogP contribution in [-0.4, -0.2) is 0 Å². The van der Waals surface area contributed by atoms with Gasteiger partial charge in [-0.25, -0.2) is 8.78 Å². The molecule has 2 N–H and O–H groups in total. The molecule has 1 atom stereocenters. The lowest BCUT2D eigenvalue weighted by Crippen LogP contribution is -2.09. The highest BCUT2D eigenvalue weighted by Crippen LogP contribution is 2.29. The van der Waals surface area contributed by atoms with E-state index in [1.807, 2.05) is 19.1 Å². The van der Waals surface area contributed by atoms with Crippen LogP contribution in [0.25, 0.3) is 0 Å². The van der Waals surface area contributed by atoms with Crippen LogP contribution in [0.5, 0.6) is 5.75 Å². The van der Waals surface area contributed by atoms with Crippen LogP contribution in [0.2, 0.25) is 0 Å². The average Bonchev–Trinajstić information content (AvgIpc) is 2.43. The fourth-order valence-electron chi connectivity index (χ4n) is 1.86. The summed E-state index contributed by atoms with van der Waals surface area (Å²) in [5.74, 6) is -0.807. The Bertz CT molecular complexity index is 662. The van der Waals surface area contributed by atoms with Gasteiger partial charge in [0.15, 0.2) is 0 Å². The lowest BCUT2D eigenvalue weighted by atomic mass is 10.1. The van der Waals surface area contributed by atoms with Gasteiger partial charge in [0.1, 0.15) is 24.0 Å². The van der Waals surface area contributed by atoms with Crippen molar-refractivity contribution < 1.29 is 13.5 Å². The fourth-order valence-corrected chi connectivity index (χ4v) is 2.57. The van der Waals surface area contributed by atoms with Crippen molar-refractivity contribution in [3.8, 4) is 5.75 Å². The monoisotopic (exact) mass is 419 g/mol. The summed E-state index contributed by atoms with van der Waals surface area (Å²) in [4.78, 5) is 0. The summed E-state index contributed by atoms with van der Waals surface area (Å²) < 4.78 is 34.2. The van der Waals surface area contributed by atoms with Gasteiger partial charge in [-0.1, -0.05) is 22.0 Å². The highest BCUT2D eigenvalue weighted by Gasteiger charge is 2.15. The summed E-state index contributed by atoms with van der Waals surface area (Å²) in [6.07, 6.45) is 0. The Kier molecular flexibility index (Phi) is 5.35. The van der Waals surface area contributed by atoms with E-state index in [1.165, 1.54) is 12.1 Å². The van der Waals surface area contributed by atoms with Gasteiger partial charge in [-0.3, -0.25) is 0 Å². The summed E-state index contributed by atoms with van der Waals surface area (Å²) in [5, 5.41) is 0. The number of halogens is 4. The average molecular weight is 421 g/mol. The van der Waals surface area contributed by atoms with Crippen LogP contribution in [0.4, 0.5) is 8.78 Å². The molecule has 1 unspecified atom stereocenters. The van der Waals surface area contributed by atoms with Gasteiger partial charge in [-0.15, -0.1) is 0 Å². The third-order valence-electron chi connectivity index (χ3n) is 2.98. The number of benzene rings is 2. The van der Waals surface area contributed by atoms with Gasteiger partial charge in [0, 0.05) is 16.1 Å². The van der Waals surface area contributed by atoms with Gasteiger partial charge < -0.3 is 10.5 Å². The van der Waals surface area contributed by atoms with Crippen molar-refractivity contribution in [3.63, 3.8) is 0 Å². The molecule has 0 spiro atoms. The van der Waals surface area contributed by atoms with Gasteiger partial charge >= 0.3 is 0 Å². The van der Waals surface area contributed by atoms with Crippen molar-refractivity contribution in [1.29, 1.82) is 0 Å². The maximum atomic E-state index is 13.9. The summed E-state index contributed by atoms with van der Waals surface area (Å²) >= 11 is 6.37. The van der Waals surface area contributed by atoms with E-state index in [0.29, 0.717) is 5.75 Å². The molecule has 6 heteroatoms. The van der Waals surface area contributed by atoms with E-state index in [0.717, 1.165) is 10.0 Å². The standard InChI is InChI=1S/C15H13Br2F2NO/c1-8(20)10-3-2-9(16)6-14(10)21-7-11-13(18)5-4-12(17)15(11)19/h2-6,8H,7,20H2,1H3. The molecule has 0 saturated heterocycles. The maximum Gasteiger partial charge on any atom is 0.146 e. The highest BCUT2D eigenvalue weighted by atomic mass is 79.9. The molecule has 21 heavy (non-hydrogen) atoms. The molecule has 0 saturated carbocycles. The molecule has 0 aliphatic rings. The third kappa shape index (κ3) is 3.81. The molecular weight excluding hydrogens is 408 g/mol. The van der Waals surface area contributed by atoms with Crippen molar-refractivity contribution in [2.45, 2.75) is 19.6 Å². The van der Waals surface area contributed by atoms with Crippen molar-refractivity contribution in [3.05, 3.63) is 62.0 Å². The molecule has 0 fully saturated rings. The minimum Gasteiger partial charge on any atom is -0.488 e. The maximum absolute atomic E-state index is 13.9. The Morgan fingerprint density at radius 1 is 1.19 bits per heavy atom. The van der Waals surface area contributed by atoms with Crippen molar-refractivity contribution in [2.75, 3.05) is 0 Å². The summed E-state index contributed by atoms with van der Waals surface area (Å²) in [6.45, 7) is 1.60. The lowest BCUT2D eigenvalue weighted by molar-refractivity contribution is 0.288. The normalized spacial score (nSPS) is 12.3. The number of nitrogens with two attached hydrogens (primary N) is 1. The smallest absolute Gasteiger partial charge is 0.146 e. The van der Waals surface area contributed by atoms with Crippen molar-refractivity contribution in [1.82, 2.24) is 0 Å². The number of hydrogen-bond acceptors (Lipinski definition) is 2. The molecule has 0 aromatic heterocycles. The first-order valence-corrected chi connectivity index (χ1v) is 7.79. The summed E-state index contributed by atoms with van der Waals surface area (Å²) in [6, 6.07) is 7.65. The number of rotatable bonds is 4. The molecule has 0 aliphatic carbocycles. The minimum absolute atomic E-state index is 0.125. The Morgan fingerprint density at radius 2 is 1.90 bits per heavy atom. The molecule has 0 aliphatic heterocycles. The predicted octanol–water partition coefficient (Wildman–Crippen LogP) is 5.09. The van der Waals surface area contributed by atoms with E-state index in [4.69, 9.17) is 10.5 Å². The van der Waals surface area contributed by atoms with Gasteiger partial charge in [-0.05, 0) is 47.1 Å². The third-order valence-corrected chi connectivity index (χ3v) is 4.08. The van der Waals surface area contributed by atoms with Crippen LogP contribution < -0.4 is 10.5 Å².